The van der Waals surface area contributed by atoms with Gasteiger partial charge in [0, 0.05) is 51.2 Å². The molecule has 0 radical (unpaired) electrons. The zero-order valence-electron chi connectivity index (χ0n) is 17.8. The first kappa shape index (κ1) is 24.9. The molecule has 0 aliphatic carbocycles. The van der Waals surface area contributed by atoms with Crippen LogP contribution in [0.25, 0.3) is 0 Å². The van der Waals surface area contributed by atoms with E-state index in [9.17, 15) is 4.39 Å². The highest BCUT2D eigenvalue weighted by Gasteiger charge is 2.34. The summed E-state index contributed by atoms with van der Waals surface area (Å²) in [5.74, 6) is 0.631. The molecule has 3 rings (SSSR count). The second kappa shape index (κ2) is 11.3. The molecule has 2 aromatic rings. The molecule has 2 heterocycles. The van der Waals surface area contributed by atoms with Crippen LogP contribution in [-0.4, -0.2) is 48.8 Å². The standard InChI is InChI=1S/C22H30ClFN4O.HI/c1-4-25-21(28(3)15-20-13-18(23)14-27(20)2)26-16-22(9-11-29-12-10-22)17-5-7-19(24)8-6-17;/h5-8,13-14H,4,9-12,15-16H2,1-3H3,(H,25,26);1H. The van der Waals surface area contributed by atoms with Crippen molar-refractivity contribution in [2.75, 3.05) is 33.4 Å². The van der Waals surface area contributed by atoms with Crippen molar-refractivity contribution < 1.29 is 9.13 Å². The van der Waals surface area contributed by atoms with Gasteiger partial charge >= 0.3 is 0 Å². The molecule has 8 heteroatoms. The molecule has 1 aliphatic rings. The first-order valence-corrected chi connectivity index (χ1v) is 10.5. The number of guanidine groups is 1. The van der Waals surface area contributed by atoms with Gasteiger partial charge in [-0.2, -0.15) is 0 Å². The van der Waals surface area contributed by atoms with Crippen molar-refractivity contribution in [3.05, 3.63) is 58.6 Å². The van der Waals surface area contributed by atoms with Gasteiger partial charge in [0.05, 0.1) is 18.1 Å². The van der Waals surface area contributed by atoms with E-state index in [1.54, 1.807) is 0 Å². The molecule has 166 valence electrons. The van der Waals surface area contributed by atoms with Crippen LogP contribution < -0.4 is 5.32 Å². The van der Waals surface area contributed by atoms with Crippen LogP contribution in [0.3, 0.4) is 0 Å². The van der Waals surface area contributed by atoms with Crippen molar-refractivity contribution in [1.29, 1.82) is 0 Å². The molecule has 1 aromatic carbocycles. The van der Waals surface area contributed by atoms with Crippen LogP contribution in [0.1, 0.15) is 31.0 Å². The normalized spacial score (nSPS) is 16.1. The summed E-state index contributed by atoms with van der Waals surface area (Å²) in [5, 5.41) is 4.12. The van der Waals surface area contributed by atoms with Crippen molar-refractivity contribution in [3.8, 4) is 0 Å². The lowest BCUT2D eigenvalue weighted by Gasteiger charge is -2.37. The second-order valence-electron chi connectivity index (χ2n) is 7.69. The Hall–Kier alpha value is -1.32. The van der Waals surface area contributed by atoms with E-state index in [2.05, 4.69) is 17.1 Å². The lowest BCUT2D eigenvalue weighted by Crippen LogP contribution is -2.42. The number of nitrogens with zero attached hydrogens (tertiary/aromatic N) is 3. The van der Waals surface area contributed by atoms with Crippen molar-refractivity contribution in [2.24, 2.45) is 12.0 Å². The lowest BCUT2D eigenvalue weighted by atomic mass is 9.74. The van der Waals surface area contributed by atoms with Gasteiger partial charge in [0.1, 0.15) is 5.82 Å². The van der Waals surface area contributed by atoms with Crippen LogP contribution in [0.5, 0.6) is 0 Å². The summed E-state index contributed by atoms with van der Waals surface area (Å²) < 4.78 is 21.1. The minimum absolute atomic E-state index is 0. The van der Waals surface area contributed by atoms with Crippen LogP contribution in [0, 0.1) is 5.82 Å². The van der Waals surface area contributed by atoms with Crippen molar-refractivity contribution >= 4 is 41.5 Å². The average molecular weight is 549 g/mol. The smallest absolute Gasteiger partial charge is 0.194 e. The molecule has 5 nitrogen and oxygen atoms in total. The quantitative estimate of drug-likeness (QED) is 0.326. The fourth-order valence-electron chi connectivity index (χ4n) is 3.84. The van der Waals surface area contributed by atoms with E-state index in [1.165, 1.54) is 12.1 Å². The molecule has 0 saturated carbocycles. The molecule has 1 aliphatic heterocycles. The Balaban J connectivity index is 0.00000320. The van der Waals surface area contributed by atoms with E-state index < -0.39 is 0 Å². The predicted octanol–water partition coefficient (Wildman–Crippen LogP) is 4.58. The molecule has 0 bridgehead atoms. The fourth-order valence-corrected chi connectivity index (χ4v) is 4.11. The third-order valence-corrected chi connectivity index (χ3v) is 5.81. The number of ether oxygens (including phenoxy) is 1. The van der Waals surface area contributed by atoms with Gasteiger partial charge < -0.3 is 19.5 Å². The number of nitrogens with one attached hydrogen (secondary N) is 1. The Bertz CT molecular complexity index is 834. The summed E-state index contributed by atoms with van der Waals surface area (Å²) >= 11 is 6.13. The third-order valence-electron chi connectivity index (χ3n) is 5.61. The van der Waals surface area contributed by atoms with Gasteiger partial charge in [-0.3, -0.25) is 4.99 Å². The Morgan fingerprint density at radius 3 is 2.53 bits per heavy atom. The zero-order chi connectivity index (χ0) is 20.9. The highest BCUT2D eigenvalue weighted by Crippen LogP contribution is 2.35. The van der Waals surface area contributed by atoms with Crippen LogP contribution in [0.2, 0.25) is 5.02 Å². The third kappa shape index (κ3) is 6.11. The van der Waals surface area contributed by atoms with Crippen molar-refractivity contribution in [3.63, 3.8) is 0 Å². The first-order valence-electron chi connectivity index (χ1n) is 10.1. The largest absolute Gasteiger partial charge is 0.381 e. The summed E-state index contributed by atoms with van der Waals surface area (Å²) in [6, 6.07) is 8.82. The number of aromatic nitrogens is 1. The van der Waals surface area contributed by atoms with Crippen LogP contribution in [-0.2, 0) is 23.7 Å². The SMILES string of the molecule is CCNC(=NCC1(c2ccc(F)cc2)CCOCC1)N(C)Cc1cc(Cl)cn1C.I. The second-order valence-corrected chi connectivity index (χ2v) is 8.12. The summed E-state index contributed by atoms with van der Waals surface area (Å²) in [6.45, 7) is 5.56. The van der Waals surface area contributed by atoms with E-state index >= 15 is 0 Å². The highest BCUT2D eigenvalue weighted by molar-refractivity contribution is 14.0. The van der Waals surface area contributed by atoms with E-state index in [4.69, 9.17) is 21.3 Å². The van der Waals surface area contributed by atoms with Gasteiger partial charge in [0.2, 0.25) is 0 Å². The van der Waals surface area contributed by atoms with Gasteiger partial charge in [-0.15, -0.1) is 24.0 Å². The number of hydrogen-bond donors (Lipinski definition) is 1. The lowest BCUT2D eigenvalue weighted by molar-refractivity contribution is 0.0530. The number of benzene rings is 1. The number of rotatable bonds is 6. The minimum Gasteiger partial charge on any atom is -0.381 e. The predicted molar refractivity (Wildman–Crippen MR) is 131 cm³/mol. The zero-order valence-corrected chi connectivity index (χ0v) is 20.9. The van der Waals surface area contributed by atoms with Crippen LogP contribution in [0.4, 0.5) is 4.39 Å². The van der Waals surface area contributed by atoms with Crippen LogP contribution >= 0.6 is 35.6 Å². The molecule has 0 unspecified atom stereocenters. The van der Waals surface area contributed by atoms with Crippen molar-refractivity contribution in [2.45, 2.75) is 31.7 Å². The molecule has 1 N–H and O–H groups in total. The highest BCUT2D eigenvalue weighted by atomic mass is 127. The number of aryl methyl sites for hydroxylation is 1. The van der Waals surface area contributed by atoms with E-state index in [-0.39, 0.29) is 35.2 Å². The van der Waals surface area contributed by atoms with Crippen LogP contribution in [0.15, 0.2) is 41.5 Å². The topological polar surface area (TPSA) is 41.8 Å². The molecule has 0 spiro atoms. The molecular formula is C22H31ClFIN4O. The molecule has 1 saturated heterocycles. The maximum atomic E-state index is 13.5. The fraction of sp³-hybridized carbons (Fsp3) is 0.500. The van der Waals surface area contributed by atoms with Gasteiger partial charge in [-0.1, -0.05) is 23.7 Å². The Morgan fingerprint density at radius 1 is 1.30 bits per heavy atom. The van der Waals surface area contributed by atoms with E-state index in [0.717, 1.165) is 41.6 Å². The Morgan fingerprint density at radius 2 is 1.97 bits per heavy atom. The first-order chi connectivity index (χ1) is 13.9. The summed E-state index contributed by atoms with van der Waals surface area (Å²) in [4.78, 5) is 7.08. The van der Waals surface area contributed by atoms with Gasteiger partial charge in [0.25, 0.3) is 0 Å². The summed E-state index contributed by atoms with van der Waals surface area (Å²) in [7, 11) is 4.02. The number of aliphatic imine (C=N–C) groups is 1. The molecule has 0 atom stereocenters. The Kier molecular flexibility index (Phi) is 9.43. The maximum Gasteiger partial charge on any atom is 0.194 e. The molecule has 1 fully saturated rings. The molecular weight excluding hydrogens is 518 g/mol. The Labute approximate surface area is 200 Å². The molecule has 0 amide bonds. The summed E-state index contributed by atoms with van der Waals surface area (Å²) in [5.41, 5.74) is 2.10. The van der Waals surface area contributed by atoms with E-state index in [1.807, 2.05) is 43.1 Å². The van der Waals surface area contributed by atoms with Crippen molar-refractivity contribution in [1.82, 2.24) is 14.8 Å². The van der Waals surface area contributed by atoms with Gasteiger partial charge in [0.15, 0.2) is 5.96 Å². The molecule has 30 heavy (non-hydrogen) atoms. The average Bonchev–Trinajstić information content (AvgIpc) is 3.03. The monoisotopic (exact) mass is 548 g/mol. The van der Waals surface area contributed by atoms with E-state index in [0.29, 0.717) is 26.3 Å². The minimum atomic E-state index is -0.214. The van der Waals surface area contributed by atoms with Gasteiger partial charge in [-0.25, -0.2) is 4.39 Å². The van der Waals surface area contributed by atoms with Gasteiger partial charge in [-0.05, 0) is 43.5 Å². The summed E-state index contributed by atoms with van der Waals surface area (Å²) in [6.07, 6.45) is 3.65. The number of halogens is 3. The molecule has 1 aromatic heterocycles. The maximum absolute atomic E-state index is 13.5. The number of hydrogen-bond acceptors (Lipinski definition) is 2.